The maximum atomic E-state index is 11.8. The SMILES string of the molecule is C/C(=N\OC(=O)c1ccccc1)c1ccc2c(c1)CCO2. The van der Waals surface area contributed by atoms with Crippen molar-refractivity contribution in [2.24, 2.45) is 5.16 Å². The summed E-state index contributed by atoms with van der Waals surface area (Å²) < 4.78 is 5.46. The van der Waals surface area contributed by atoms with E-state index in [2.05, 4.69) is 5.16 Å². The molecule has 4 nitrogen and oxygen atoms in total. The number of oxime groups is 1. The molecule has 106 valence electrons. The van der Waals surface area contributed by atoms with Crippen molar-refractivity contribution >= 4 is 11.7 Å². The van der Waals surface area contributed by atoms with E-state index in [0.717, 1.165) is 29.9 Å². The first-order valence-corrected chi connectivity index (χ1v) is 6.81. The van der Waals surface area contributed by atoms with E-state index in [-0.39, 0.29) is 0 Å². The zero-order valence-electron chi connectivity index (χ0n) is 11.7. The summed E-state index contributed by atoms with van der Waals surface area (Å²) in [5.74, 6) is 0.465. The average Bonchev–Trinajstić information content (AvgIpc) is 3.00. The first-order valence-electron chi connectivity index (χ1n) is 6.81. The van der Waals surface area contributed by atoms with Gasteiger partial charge >= 0.3 is 5.97 Å². The standard InChI is InChI=1S/C17H15NO3/c1-12(14-7-8-16-15(11-14)9-10-20-16)18-21-17(19)13-5-3-2-4-6-13/h2-8,11H,9-10H2,1H3/b18-12+. The van der Waals surface area contributed by atoms with Crippen LogP contribution >= 0.6 is 0 Å². The van der Waals surface area contributed by atoms with Crippen molar-refractivity contribution in [3.8, 4) is 5.75 Å². The van der Waals surface area contributed by atoms with Crippen molar-refractivity contribution in [2.75, 3.05) is 6.61 Å². The summed E-state index contributed by atoms with van der Waals surface area (Å²) in [4.78, 5) is 16.8. The molecular weight excluding hydrogens is 266 g/mol. The van der Waals surface area contributed by atoms with Crippen molar-refractivity contribution < 1.29 is 14.4 Å². The first-order chi connectivity index (χ1) is 10.2. The molecule has 0 saturated carbocycles. The minimum atomic E-state index is -0.459. The lowest BCUT2D eigenvalue weighted by atomic mass is 10.1. The van der Waals surface area contributed by atoms with Crippen LogP contribution in [0.4, 0.5) is 0 Å². The Labute approximate surface area is 123 Å². The number of rotatable bonds is 3. The summed E-state index contributed by atoms with van der Waals surface area (Å²) >= 11 is 0. The second kappa shape index (κ2) is 5.79. The molecule has 0 amide bonds. The van der Waals surface area contributed by atoms with E-state index in [1.807, 2.05) is 31.2 Å². The van der Waals surface area contributed by atoms with E-state index in [0.29, 0.717) is 11.3 Å². The van der Waals surface area contributed by atoms with Gasteiger partial charge in [-0.3, -0.25) is 0 Å². The molecule has 0 radical (unpaired) electrons. The highest BCUT2D eigenvalue weighted by molar-refractivity contribution is 5.99. The normalized spacial score (nSPS) is 13.5. The number of carbonyl (C=O) groups excluding carboxylic acids is 1. The predicted molar refractivity (Wildman–Crippen MR) is 79.7 cm³/mol. The molecule has 2 aromatic rings. The van der Waals surface area contributed by atoms with Gasteiger partial charge in [0.2, 0.25) is 0 Å². The van der Waals surface area contributed by atoms with Crippen molar-refractivity contribution in [3.05, 3.63) is 65.2 Å². The molecular formula is C17H15NO3. The molecule has 0 saturated heterocycles. The second-order valence-electron chi connectivity index (χ2n) is 4.84. The van der Waals surface area contributed by atoms with Crippen LogP contribution in [0, 0.1) is 0 Å². The van der Waals surface area contributed by atoms with Crippen molar-refractivity contribution in [2.45, 2.75) is 13.3 Å². The molecule has 0 N–H and O–H groups in total. The number of hydrogen-bond donors (Lipinski definition) is 0. The van der Waals surface area contributed by atoms with Crippen LogP contribution in [0.15, 0.2) is 53.7 Å². The summed E-state index contributed by atoms with van der Waals surface area (Å²) in [6.07, 6.45) is 0.903. The minimum absolute atomic E-state index is 0.459. The summed E-state index contributed by atoms with van der Waals surface area (Å²) in [5.41, 5.74) is 3.24. The van der Waals surface area contributed by atoms with Gasteiger partial charge in [0.25, 0.3) is 0 Å². The molecule has 0 unspecified atom stereocenters. The van der Waals surface area contributed by atoms with Crippen molar-refractivity contribution in [3.63, 3.8) is 0 Å². The molecule has 0 bridgehead atoms. The molecule has 4 heteroatoms. The Morgan fingerprint density at radius 1 is 1.14 bits per heavy atom. The third-order valence-electron chi connectivity index (χ3n) is 3.38. The van der Waals surface area contributed by atoms with E-state index in [1.165, 1.54) is 0 Å². The van der Waals surface area contributed by atoms with Crippen LogP contribution in [0.3, 0.4) is 0 Å². The van der Waals surface area contributed by atoms with Crippen LogP contribution in [0.5, 0.6) is 5.75 Å². The fourth-order valence-electron chi connectivity index (χ4n) is 2.20. The largest absolute Gasteiger partial charge is 0.493 e. The maximum Gasteiger partial charge on any atom is 0.365 e. The van der Waals surface area contributed by atoms with Gasteiger partial charge in [0, 0.05) is 6.42 Å². The van der Waals surface area contributed by atoms with Crippen LogP contribution in [0.1, 0.15) is 28.4 Å². The van der Waals surface area contributed by atoms with Gasteiger partial charge in [-0.2, -0.15) is 0 Å². The predicted octanol–water partition coefficient (Wildman–Crippen LogP) is 3.20. The van der Waals surface area contributed by atoms with Crippen molar-refractivity contribution in [1.29, 1.82) is 0 Å². The molecule has 0 spiro atoms. The topological polar surface area (TPSA) is 47.9 Å². The Hall–Kier alpha value is -2.62. The van der Waals surface area contributed by atoms with Crippen LogP contribution in [0.25, 0.3) is 0 Å². The fraction of sp³-hybridized carbons (Fsp3) is 0.176. The van der Waals surface area contributed by atoms with Gasteiger partial charge in [-0.25, -0.2) is 4.79 Å². The third-order valence-corrected chi connectivity index (χ3v) is 3.38. The summed E-state index contributed by atoms with van der Waals surface area (Å²) in [6, 6.07) is 14.7. The lowest BCUT2D eigenvalue weighted by Gasteiger charge is -2.04. The third kappa shape index (κ3) is 2.94. The number of benzene rings is 2. The molecule has 2 aromatic carbocycles. The molecule has 0 aromatic heterocycles. The van der Waals surface area contributed by atoms with Crippen LogP contribution in [-0.2, 0) is 11.3 Å². The monoisotopic (exact) mass is 281 g/mol. The Morgan fingerprint density at radius 2 is 1.95 bits per heavy atom. The molecule has 0 fully saturated rings. The molecule has 0 aliphatic carbocycles. The van der Waals surface area contributed by atoms with Crippen molar-refractivity contribution in [1.82, 2.24) is 0 Å². The van der Waals surface area contributed by atoms with E-state index < -0.39 is 5.97 Å². The molecule has 21 heavy (non-hydrogen) atoms. The quantitative estimate of drug-likeness (QED) is 0.493. The maximum absolute atomic E-state index is 11.8. The van der Waals surface area contributed by atoms with E-state index >= 15 is 0 Å². The second-order valence-corrected chi connectivity index (χ2v) is 4.84. The first kappa shape index (κ1) is 13.4. The highest BCUT2D eigenvalue weighted by atomic mass is 16.7. The van der Waals surface area contributed by atoms with E-state index in [4.69, 9.17) is 9.57 Å². The lowest BCUT2D eigenvalue weighted by Crippen LogP contribution is -2.04. The number of ether oxygens (including phenoxy) is 1. The van der Waals surface area contributed by atoms with Gasteiger partial charge in [-0.05, 0) is 48.4 Å². The van der Waals surface area contributed by atoms with Crippen LogP contribution in [0.2, 0.25) is 0 Å². The summed E-state index contributed by atoms with van der Waals surface area (Å²) in [7, 11) is 0. The van der Waals surface area contributed by atoms with Gasteiger partial charge < -0.3 is 9.57 Å². The molecule has 1 heterocycles. The smallest absolute Gasteiger partial charge is 0.365 e. The van der Waals surface area contributed by atoms with Gasteiger partial charge in [0.05, 0.1) is 17.9 Å². The Balaban J connectivity index is 1.73. The van der Waals surface area contributed by atoms with E-state index in [1.54, 1.807) is 24.3 Å². The van der Waals surface area contributed by atoms with Gasteiger partial charge in [0.1, 0.15) is 5.75 Å². The number of hydrogen-bond acceptors (Lipinski definition) is 4. The highest BCUT2D eigenvalue weighted by Crippen LogP contribution is 2.26. The minimum Gasteiger partial charge on any atom is -0.493 e. The molecule has 3 rings (SSSR count). The van der Waals surface area contributed by atoms with Gasteiger partial charge in [0.15, 0.2) is 0 Å². The number of fused-ring (bicyclic) bond motifs is 1. The number of nitrogens with zero attached hydrogens (tertiary/aromatic N) is 1. The summed E-state index contributed by atoms with van der Waals surface area (Å²) in [5, 5.41) is 3.92. The summed E-state index contributed by atoms with van der Waals surface area (Å²) in [6.45, 7) is 2.54. The molecule has 1 aliphatic rings. The zero-order valence-corrected chi connectivity index (χ0v) is 11.7. The number of carbonyl (C=O) groups is 1. The Bertz CT molecular complexity index is 692. The van der Waals surface area contributed by atoms with Crippen LogP contribution < -0.4 is 4.74 Å². The highest BCUT2D eigenvalue weighted by Gasteiger charge is 2.13. The van der Waals surface area contributed by atoms with Gasteiger partial charge in [-0.15, -0.1) is 0 Å². The Kier molecular flexibility index (Phi) is 3.69. The molecule has 1 aliphatic heterocycles. The Morgan fingerprint density at radius 3 is 2.76 bits per heavy atom. The lowest BCUT2D eigenvalue weighted by molar-refractivity contribution is 0.0516. The zero-order chi connectivity index (χ0) is 14.7. The van der Waals surface area contributed by atoms with Gasteiger partial charge in [-0.1, -0.05) is 23.4 Å². The molecule has 0 atom stereocenters. The van der Waals surface area contributed by atoms with Crippen LogP contribution in [-0.4, -0.2) is 18.3 Å². The fourth-order valence-corrected chi connectivity index (χ4v) is 2.20. The van der Waals surface area contributed by atoms with E-state index in [9.17, 15) is 4.79 Å². The average molecular weight is 281 g/mol.